The predicted molar refractivity (Wildman–Crippen MR) is 75.1 cm³/mol. The molecule has 0 radical (unpaired) electrons. The molecule has 0 aliphatic heterocycles. The van der Waals surface area contributed by atoms with Crippen molar-refractivity contribution in [3.63, 3.8) is 0 Å². The lowest BCUT2D eigenvalue weighted by Crippen LogP contribution is -2.16. The molecule has 0 saturated carbocycles. The summed E-state index contributed by atoms with van der Waals surface area (Å²) in [7, 11) is 1.69. The van der Waals surface area contributed by atoms with Crippen LogP contribution in [0.1, 0.15) is 42.5 Å². The van der Waals surface area contributed by atoms with Gasteiger partial charge in [0.25, 0.3) is 0 Å². The first kappa shape index (κ1) is 15.0. The van der Waals surface area contributed by atoms with E-state index in [4.69, 9.17) is 15.2 Å². The van der Waals surface area contributed by atoms with Gasteiger partial charge in [-0.15, -0.1) is 0 Å². The molecule has 2 N–H and O–H groups in total. The van der Waals surface area contributed by atoms with Gasteiger partial charge in [0.15, 0.2) is 0 Å². The van der Waals surface area contributed by atoms with E-state index in [2.05, 4.69) is 26.8 Å². The molecule has 102 valence electrons. The zero-order valence-electron chi connectivity index (χ0n) is 12.0. The Morgan fingerprint density at radius 2 is 1.94 bits per heavy atom. The van der Waals surface area contributed by atoms with Crippen LogP contribution in [0.4, 0.5) is 0 Å². The Morgan fingerprint density at radius 1 is 1.22 bits per heavy atom. The van der Waals surface area contributed by atoms with E-state index in [0.717, 1.165) is 30.8 Å². The summed E-state index contributed by atoms with van der Waals surface area (Å²) in [6.45, 7) is 7.75. The molecule has 0 heterocycles. The number of hydrogen-bond acceptors (Lipinski definition) is 3. The van der Waals surface area contributed by atoms with Gasteiger partial charge in [-0.05, 0) is 43.9 Å². The maximum Gasteiger partial charge on any atom is 0.124 e. The van der Waals surface area contributed by atoms with E-state index in [0.29, 0.717) is 6.61 Å². The third kappa shape index (κ3) is 4.00. The van der Waals surface area contributed by atoms with Crippen molar-refractivity contribution in [2.75, 3.05) is 20.3 Å². The Labute approximate surface area is 110 Å². The van der Waals surface area contributed by atoms with Gasteiger partial charge in [0.2, 0.25) is 0 Å². The first-order chi connectivity index (χ1) is 8.60. The smallest absolute Gasteiger partial charge is 0.124 e. The second-order valence-corrected chi connectivity index (χ2v) is 4.71. The number of ether oxygens (including phenoxy) is 2. The monoisotopic (exact) mass is 251 g/mol. The fourth-order valence-corrected chi connectivity index (χ4v) is 2.18. The topological polar surface area (TPSA) is 44.5 Å². The summed E-state index contributed by atoms with van der Waals surface area (Å²) in [5, 5.41) is 0. The zero-order valence-corrected chi connectivity index (χ0v) is 12.0. The highest BCUT2D eigenvalue weighted by atomic mass is 16.5. The van der Waals surface area contributed by atoms with Crippen molar-refractivity contribution in [3.8, 4) is 5.75 Å². The largest absolute Gasteiger partial charge is 0.496 e. The second kappa shape index (κ2) is 7.39. The van der Waals surface area contributed by atoms with Crippen LogP contribution in [0.5, 0.6) is 5.75 Å². The van der Waals surface area contributed by atoms with Gasteiger partial charge in [-0.2, -0.15) is 0 Å². The number of methoxy groups -OCH3 is 1. The van der Waals surface area contributed by atoms with Gasteiger partial charge in [-0.3, -0.25) is 0 Å². The van der Waals surface area contributed by atoms with E-state index in [1.54, 1.807) is 7.11 Å². The van der Waals surface area contributed by atoms with E-state index in [9.17, 15) is 0 Å². The summed E-state index contributed by atoms with van der Waals surface area (Å²) in [5.41, 5.74) is 9.73. The van der Waals surface area contributed by atoms with Crippen LogP contribution < -0.4 is 10.5 Å². The standard InChI is InChI=1S/C15H25NO2/c1-5-7-18-8-6-13(16)15-12(3)9-11(2)10-14(15)17-4/h9-10,13H,5-8,16H2,1-4H3. The molecule has 0 amide bonds. The number of hydrogen-bond donors (Lipinski definition) is 1. The molecule has 0 bridgehead atoms. The number of rotatable bonds is 7. The first-order valence-electron chi connectivity index (χ1n) is 6.58. The van der Waals surface area contributed by atoms with Gasteiger partial charge < -0.3 is 15.2 Å². The molecule has 3 nitrogen and oxygen atoms in total. The highest BCUT2D eigenvalue weighted by Gasteiger charge is 2.15. The zero-order chi connectivity index (χ0) is 13.5. The molecule has 1 rings (SSSR count). The van der Waals surface area contributed by atoms with Crippen molar-refractivity contribution in [3.05, 3.63) is 28.8 Å². The van der Waals surface area contributed by atoms with Crippen molar-refractivity contribution in [1.82, 2.24) is 0 Å². The third-order valence-electron chi connectivity index (χ3n) is 3.01. The van der Waals surface area contributed by atoms with E-state index < -0.39 is 0 Å². The molecule has 1 atom stereocenters. The van der Waals surface area contributed by atoms with Crippen LogP contribution in [-0.2, 0) is 4.74 Å². The van der Waals surface area contributed by atoms with Crippen molar-refractivity contribution in [1.29, 1.82) is 0 Å². The Bertz CT molecular complexity index is 377. The average Bonchev–Trinajstić information content (AvgIpc) is 2.33. The second-order valence-electron chi connectivity index (χ2n) is 4.71. The van der Waals surface area contributed by atoms with Crippen molar-refractivity contribution in [2.45, 2.75) is 39.7 Å². The van der Waals surface area contributed by atoms with Crippen molar-refractivity contribution in [2.24, 2.45) is 5.73 Å². The van der Waals surface area contributed by atoms with Crippen LogP contribution in [0.2, 0.25) is 0 Å². The lowest BCUT2D eigenvalue weighted by Gasteiger charge is -2.19. The van der Waals surface area contributed by atoms with Gasteiger partial charge >= 0.3 is 0 Å². The minimum absolute atomic E-state index is 0.0302. The molecule has 0 aliphatic rings. The highest BCUT2D eigenvalue weighted by Crippen LogP contribution is 2.30. The van der Waals surface area contributed by atoms with Gasteiger partial charge in [0.1, 0.15) is 5.75 Å². The summed E-state index contributed by atoms with van der Waals surface area (Å²) >= 11 is 0. The van der Waals surface area contributed by atoms with Crippen molar-refractivity contribution < 1.29 is 9.47 Å². The van der Waals surface area contributed by atoms with Crippen LogP contribution in [0, 0.1) is 13.8 Å². The summed E-state index contributed by atoms with van der Waals surface area (Å²) in [4.78, 5) is 0. The van der Waals surface area contributed by atoms with Crippen molar-refractivity contribution >= 4 is 0 Å². The molecule has 0 saturated heterocycles. The highest BCUT2D eigenvalue weighted by molar-refractivity contribution is 5.44. The summed E-state index contributed by atoms with van der Waals surface area (Å²) < 4.78 is 10.9. The summed E-state index contributed by atoms with van der Waals surface area (Å²) in [5.74, 6) is 0.885. The fraction of sp³-hybridized carbons (Fsp3) is 0.600. The van der Waals surface area contributed by atoms with Crippen LogP contribution in [0.3, 0.4) is 0 Å². The van der Waals surface area contributed by atoms with E-state index >= 15 is 0 Å². The van der Waals surface area contributed by atoms with E-state index in [1.807, 2.05) is 6.07 Å². The SMILES string of the molecule is CCCOCCC(N)c1c(C)cc(C)cc1OC. The van der Waals surface area contributed by atoms with E-state index in [1.165, 1.54) is 11.1 Å². The minimum atomic E-state index is -0.0302. The molecule has 1 aromatic carbocycles. The molecule has 0 aliphatic carbocycles. The molecule has 0 aromatic heterocycles. The van der Waals surface area contributed by atoms with Gasteiger partial charge in [0.05, 0.1) is 7.11 Å². The van der Waals surface area contributed by atoms with Gasteiger partial charge in [-0.1, -0.05) is 13.0 Å². The molecular weight excluding hydrogens is 226 g/mol. The quantitative estimate of drug-likeness (QED) is 0.757. The van der Waals surface area contributed by atoms with E-state index in [-0.39, 0.29) is 6.04 Å². The third-order valence-corrected chi connectivity index (χ3v) is 3.01. The lowest BCUT2D eigenvalue weighted by molar-refractivity contribution is 0.127. The Balaban J connectivity index is 2.74. The number of aryl methyl sites for hydroxylation is 2. The Kier molecular flexibility index (Phi) is 6.16. The molecule has 18 heavy (non-hydrogen) atoms. The predicted octanol–water partition coefficient (Wildman–Crippen LogP) is 3.13. The lowest BCUT2D eigenvalue weighted by atomic mass is 9.96. The number of nitrogens with two attached hydrogens (primary N) is 1. The Hall–Kier alpha value is -1.06. The molecule has 1 aromatic rings. The van der Waals surface area contributed by atoms with Gasteiger partial charge in [-0.25, -0.2) is 0 Å². The molecular formula is C15H25NO2. The van der Waals surface area contributed by atoms with Crippen LogP contribution in [0.25, 0.3) is 0 Å². The number of benzene rings is 1. The molecule has 0 fully saturated rings. The fourth-order valence-electron chi connectivity index (χ4n) is 2.18. The average molecular weight is 251 g/mol. The van der Waals surface area contributed by atoms with Crippen LogP contribution in [-0.4, -0.2) is 20.3 Å². The maximum absolute atomic E-state index is 6.24. The molecule has 3 heteroatoms. The van der Waals surface area contributed by atoms with Crippen LogP contribution in [0.15, 0.2) is 12.1 Å². The van der Waals surface area contributed by atoms with Crippen LogP contribution >= 0.6 is 0 Å². The maximum atomic E-state index is 6.24. The minimum Gasteiger partial charge on any atom is -0.496 e. The molecule has 1 unspecified atom stereocenters. The molecule has 0 spiro atoms. The first-order valence-corrected chi connectivity index (χ1v) is 6.58. The summed E-state index contributed by atoms with van der Waals surface area (Å²) in [6.07, 6.45) is 1.86. The van der Waals surface area contributed by atoms with Gasteiger partial charge in [0, 0.05) is 24.8 Å². The summed E-state index contributed by atoms with van der Waals surface area (Å²) in [6, 6.07) is 4.15. The Morgan fingerprint density at radius 3 is 2.56 bits per heavy atom. The normalized spacial score (nSPS) is 12.5.